The van der Waals surface area contributed by atoms with Crippen molar-refractivity contribution >= 4 is 33.6 Å². The van der Waals surface area contributed by atoms with Gasteiger partial charge in [-0.05, 0) is 43.4 Å². The van der Waals surface area contributed by atoms with E-state index in [1.165, 1.54) is 18.4 Å². The van der Waals surface area contributed by atoms with Gasteiger partial charge < -0.3 is 4.98 Å². The van der Waals surface area contributed by atoms with Gasteiger partial charge in [0.15, 0.2) is 5.82 Å². The van der Waals surface area contributed by atoms with Gasteiger partial charge in [0.1, 0.15) is 0 Å². The summed E-state index contributed by atoms with van der Waals surface area (Å²) in [5.41, 5.74) is 3.61. The first kappa shape index (κ1) is 15.1. The summed E-state index contributed by atoms with van der Waals surface area (Å²) < 4.78 is 1.81. The molecule has 0 spiro atoms. The minimum absolute atomic E-state index is 0.183. The molecule has 122 valence electrons. The molecule has 3 aromatic rings. The SMILES string of the molecule is Cc1cccc2c(=O)[nH]c(/C(Cl)=C/c3c(C4CC4)cnn3C)nc12. The second-order valence-corrected chi connectivity index (χ2v) is 6.67. The van der Waals surface area contributed by atoms with Crippen molar-refractivity contribution in [2.75, 3.05) is 0 Å². The second-order valence-electron chi connectivity index (χ2n) is 6.26. The third kappa shape index (κ3) is 2.55. The number of nitrogens with zero attached hydrogens (tertiary/aromatic N) is 3. The number of hydrogen-bond acceptors (Lipinski definition) is 3. The molecule has 0 saturated heterocycles. The molecule has 6 heteroatoms. The Hall–Kier alpha value is -2.40. The van der Waals surface area contributed by atoms with Gasteiger partial charge in [-0.25, -0.2) is 4.98 Å². The first-order valence-electron chi connectivity index (χ1n) is 7.93. The summed E-state index contributed by atoms with van der Waals surface area (Å²) in [5, 5.41) is 5.30. The van der Waals surface area contributed by atoms with Crippen LogP contribution >= 0.6 is 11.6 Å². The van der Waals surface area contributed by atoms with Gasteiger partial charge in [-0.2, -0.15) is 5.10 Å². The highest BCUT2D eigenvalue weighted by Crippen LogP contribution is 2.42. The lowest BCUT2D eigenvalue weighted by atomic mass is 10.1. The van der Waals surface area contributed by atoms with E-state index in [1.54, 1.807) is 10.7 Å². The van der Waals surface area contributed by atoms with Gasteiger partial charge >= 0.3 is 0 Å². The fourth-order valence-electron chi connectivity index (χ4n) is 2.96. The van der Waals surface area contributed by atoms with Crippen LogP contribution in [0.4, 0.5) is 0 Å². The van der Waals surface area contributed by atoms with E-state index in [2.05, 4.69) is 15.1 Å². The summed E-state index contributed by atoms with van der Waals surface area (Å²) in [6.07, 6.45) is 6.11. The predicted molar refractivity (Wildman–Crippen MR) is 96.0 cm³/mol. The monoisotopic (exact) mass is 340 g/mol. The number of nitrogens with one attached hydrogen (secondary N) is 1. The van der Waals surface area contributed by atoms with Crippen LogP contribution in [0.1, 0.15) is 41.4 Å². The molecule has 1 aliphatic carbocycles. The summed E-state index contributed by atoms with van der Waals surface area (Å²) in [4.78, 5) is 19.6. The zero-order valence-corrected chi connectivity index (χ0v) is 14.3. The fraction of sp³-hybridized carbons (Fsp3) is 0.278. The molecule has 1 fully saturated rings. The van der Waals surface area contributed by atoms with Crippen LogP contribution in [-0.2, 0) is 7.05 Å². The van der Waals surface area contributed by atoms with Gasteiger partial charge in [-0.1, -0.05) is 23.7 Å². The van der Waals surface area contributed by atoms with Gasteiger partial charge in [0, 0.05) is 12.6 Å². The van der Waals surface area contributed by atoms with Crippen LogP contribution in [0.3, 0.4) is 0 Å². The number of fused-ring (bicyclic) bond motifs is 1. The van der Waals surface area contributed by atoms with Crippen molar-refractivity contribution in [3.8, 4) is 0 Å². The maximum absolute atomic E-state index is 12.3. The molecule has 0 unspecified atom stereocenters. The van der Waals surface area contributed by atoms with Gasteiger partial charge in [0.2, 0.25) is 0 Å². The summed E-state index contributed by atoms with van der Waals surface area (Å²) in [7, 11) is 1.89. The lowest BCUT2D eigenvalue weighted by Gasteiger charge is -2.05. The molecule has 2 aromatic heterocycles. The van der Waals surface area contributed by atoms with E-state index in [0.717, 1.165) is 11.3 Å². The summed E-state index contributed by atoms with van der Waals surface area (Å²) in [6.45, 7) is 1.93. The van der Waals surface area contributed by atoms with Gasteiger partial charge in [-0.3, -0.25) is 9.48 Å². The number of aromatic nitrogens is 4. The Morgan fingerprint density at radius 1 is 1.42 bits per heavy atom. The summed E-state index contributed by atoms with van der Waals surface area (Å²) in [6, 6.07) is 5.55. The van der Waals surface area contributed by atoms with Gasteiger partial charge in [0.05, 0.1) is 27.8 Å². The van der Waals surface area contributed by atoms with Crippen molar-refractivity contribution in [1.82, 2.24) is 19.7 Å². The molecular formula is C18H17ClN4O. The summed E-state index contributed by atoms with van der Waals surface area (Å²) in [5.74, 6) is 0.951. The van der Waals surface area contributed by atoms with E-state index in [-0.39, 0.29) is 5.56 Å². The van der Waals surface area contributed by atoms with Crippen molar-refractivity contribution < 1.29 is 0 Å². The molecule has 0 amide bonds. The molecular weight excluding hydrogens is 324 g/mol. The number of benzene rings is 1. The molecule has 2 heterocycles. The second kappa shape index (κ2) is 5.60. The van der Waals surface area contributed by atoms with Crippen LogP contribution in [0.25, 0.3) is 22.0 Å². The number of para-hydroxylation sites is 1. The number of aromatic amines is 1. The molecule has 5 nitrogen and oxygen atoms in total. The van der Waals surface area contributed by atoms with Crippen LogP contribution in [0.15, 0.2) is 29.2 Å². The standard InChI is InChI=1S/C18H17ClN4O/c1-10-4-3-5-12-16(10)21-17(22-18(12)24)14(19)8-15-13(11-6-7-11)9-20-23(15)2/h3-5,8-9,11H,6-7H2,1-2H3,(H,21,22,24)/b14-8-. The first-order chi connectivity index (χ1) is 11.5. The molecule has 24 heavy (non-hydrogen) atoms. The van der Waals surface area contributed by atoms with E-state index in [0.29, 0.717) is 27.7 Å². The Morgan fingerprint density at radius 3 is 2.96 bits per heavy atom. The van der Waals surface area contributed by atoms with E-state index in [9.17, 15) is 4.79 Å². The lowest BCUT2D eigenvalue weighted by Crippen LogP contribution is -2.11. The Morgan fingerprint density at radius 2 is 2.21 bits per heavy atom. The number of rotatable bonds is 3. The maximum Gasteiger partial charge on any atom is 0.259 e. The Labute approximate surface area is 144 Å². The molecule has 0 atom stereocenters. The van der Waals surface area contributed by atoms with Gasteiger partial charge in [-0.15, -0.1) is 0 Å². The largest absolute Gasteiger partial charge is 0.305 e. The fourth-order valence-corrected chi connectivity index (χ4v) is 3.15. The van der Waals surface area contributed by atoms with E-state index >= 15 is 0 Å². The average molecular weight is 341 g/mol. The third-order valence-corrected chi connectivity index (χ3v) is 4.75. The van der Waals surface area contributed by atoms with E-state index in [4.69, 9.17) is 11.6 Å². The molecule has 0 bridgehead atoms. The smallest absolute Gasteiger partial charge is 0.259 e. The highest BCUT2D eigenvalue weighted by Gasteiger charge is 2.27. The number of aryl methyl sites for hydroxylation is 2. The van der Waals surface area contributed by atoms with E-state index < -0.39 is 0 Å². The topological polar surface area (TPSA) is 63.6 Å². The summed E-state index contributed by atoms with van der Waals surface area (Å²) >= 11 is 6.48. The number of H-pyrrole nitrogens is 1. The van der Waals surface area contributed by atoms with Crippen LogP contribution < -0.4 is 5.56 Å². The molecule has 1 N–H and O–H groups in total. The molecule has 0 radical (unpaired) electrons. The molecule has 1 saturated carbocycles. The highest BCUT2D eigenvalue weighted by molar-refractivity contribution is 6.50. The van der Waals surface area contributed by atoms with Crippen molar-refractivity contribution in [3.05, 3.63) is 57.4 Å². The minimum atomic E-state index is -0.183. The first-order valence-corrected chi connectivity index (χ1v) is 8.31. The minimum Gasteiger partial charge on any atom is -0.305 e. The third-order valence-electron chi connectivity index (χ3n) is 4.46. The Bertz CT molecular complexity index is 1030. The molecule has 1 aliphatic rings. The number of halogens is 1. The van der Waals surface area contributed by atoms with Crippen LogP contribution in [0.5, 0.6) is 0 Å². The Balaban J connectivity index is 1.84. The van der Waals surface area contributed by atoms with Crippen molar-refractivity contribution in [2.24, 2.45) is 7.05 Å². The zero-order chi connectivity index (χ0) is 16.8. The quantitative estimate of drug-likeness (QED) is 0.792. The van der Waals surface area contributed by atoms with Crippen molar-refractivity contribution in [1.29, 1.82) is 0 Å². The van der Waals surface area contributed by atoms with Crippen LogP contribution in [0.2, 0.25) is 0 Å². The lowest BCUT2D eigenvalue weighted by molar-refractivity contribution is 0.758. The molecule has 0 aliphatic heterocycles. The Kier molecular flexibility index (Phi) is 3.53. The zero-order valence-electron chi connectivity index (χ0n) is 13.5. The van der Waals surface area contributed by atoms with Crippen LogP contribution in [-0.4, -0.2) is 19.7 Å². The number of hydrogen-bond donors (Lipinski definition) is 1. The van der Waals surface area contributed by atoms with Crippen molar-refractivity contribution in [3.63, 3.8) is 0 Å². The molecule has 1 aromatic carbocycles. The van der Waals surface area contributed by atoms with Gasteiger partial charge in [0.25, 0.3) is 5.56 Å². The average Bonchev–Trinajstić information content (AvgIpc) is 3.34. The van der Waals surface area contributed by atoms with Crippen molar-refractivity contribution in [2.45, 2.75) is 25.7 Å². The highest BCUT2D eigenvalue weighted by atomic mass is 35.5. The predicted octanol–water partition coefficient (Wildman–Crippen LogP) is 3.58. The van der Waals surface area contributed by atoms with Crippen LogP contribution in [0, 0.1) is 6.92 Å². The maximum atomic E-state index is 12.3. The normalized spacial score (nSPS) is 15.2. The molecule has 4 rings (SSSR count). The van der Waals surface area contributed by atoms with E-state index in [1.807, 2.05) is 38.4 Å².